The molecule has 3 nitrogen and oxygen atoms in total. The molecule has 1 aliphatic rings. The third kappa shape index (κ3) is 2.66. The molecule has 0 saturated carbocycles. The van der Waals surface area contributed by atoms with E-state index >= 15 is 0 Å². The Morgan fingerprint density at radius 2 is 2.50 bits per heavy atom. The first-order valence-electron chi connectivity index (χ1n) is 4.38. The molecule has 1 amide bonds. The topological polar surface area (TPSA) is 41.1 Å². The molecule has 0 aromatic heterocycles. The van der Waals surface area contributed by atoms with Crippen molar-refractivity contribution in [1.82, 2.24) is 10.6 Å². The summed E-state index contributed by atoms with van der Waals surface area (Å²) in [6.07, 6.45) is 3.36. The average Bonchev–Trinajstić information content (AvgIpc) is 2.04. The van der Waals surface area contributed by atoms with E-state index in [1.807, 2.05) is 0 Å². The highest BCUT2D eigenvalue weighted by Crippen LogP contribution is 2.07. The Kier molecular flexibility index (Phi) is 3.29. The van der Waals surface area contributed by atoms with E-state index in [4.69, 9.17) is 0 Å². The minimum Gasteiger partial charge on any atom is -0.350 e. The van der Waals surface area contributed by atoms with Crippen molar-refractivity contribution in [3.8, 4) is 0 Å². The van der Waals surface area contributed by atoms with Crippen LogP contribution < -0.4 is 10.6 Å². The Morgan fingerprint density at radius 1 is 1.75 bits per heavy atom. The summed E-state index contributed by atoms with van der Waals surface area (Å²) in [6, 6.07) is 0.834. The van der Waals surface area contributed by atoms with Crippen LogP contribution >= 0.6 is 0 Å². The molecule has 0 radical (unpaired) electrons. The van der Waals surface area contributed by atoms with Crippen LogP contribution in [0.2, 0.25) is 0 Å². The zero-order valence-corrected chi connectivity index (χ0v) is 7.47. The van der Waals surface area contributed by atoms with Crippen LogP contribution in [0.15, 0.2) is 12.7 Å². The number of piperidine rings is 1. The van der Waals surface area contributed by atoms with E-state index < -0.39 is 0 Å². The van der Waals surface area contributed by atoms with E-state index in [2.05, 4.69) is 24.1 Å². The summed E-state index contributed by atoms with van der Waals surface area (Å²) in [6.45, 7) is 6.54. The lowest BCUT2D eigenvalue weighted by Crippen LogP contribution is -2.46. The van der Waals surface area contributed by atoms with Gasteiger partial charge in [0.05, 0.1) is 0 Å². The van der Waals surface area contributed by atoms with Crippen LogP contribution in [-0.4, -0.2) is 24.5 Å². The van der Waals surface area contributed by atoms with Gasteiger partial charge in [-0.1, -0.05) is 6.58 Å². The molecule has 2 unspecified atom stereocenters. The second-order valence-corrected chi connectivity index (χ2v) is 3.29. The van der Waals surface area contributed by atoms with Crippen molar-refractivity contribution >= 4 is 5.91 Å². The quantitative estimate of drug-likeness (QED) is 0.587. The normalized spacial score (nSPS) is 29.4. The number of carbonyl (C=O) groups is 1. The Balaban J connectivity index is 2.31. The van der Waals surface area contributed by atoms with E-state index in [9.17, 15) is 4.79 Å². The highest BCUT2D eigenvalue weighted by molar-refractivity contribution is 5.87. The zero-order chi connectivity index (χ0) is 8.97. The van der Waals surface area contributed by atoms with Crippen LogP contribution in [0.3, 0.4) is 0 Å². The summed E-state index contributed by atoms with van der Waals surface area (Å²) in [5.74, 6) is -0.0610. The summed E-state index contributed by atoms with van der Waals surface area (Å²) in [5.41, 5.74) is 0. The number of hydrogen-bond acceptors (Lipinski definition) is 2. The number of hydrogen-bond donors (Lipinski definition) is 2. The first-order valence-corrected chi connectivity index (χ1v) is 4.38. The number of carbonyl (C=O) groups excluding carboxylic acids is 1. The lowest BCUT2D eigenvalue weighted by Gasteiger charge is -2.28. The summed E-state index contributed by atoms with van der Waals surface area (Å²) in [5, 5.41) is 6.23. The van der Waals surface area contributed by atoms with Gasteiger partial charge in [0.1, 0.15) is 0 Å². The molecule has 0 bridgehead atoms. The van der Waals surface area contributed by atoms with Gasteiger partial charge < -0.3 is 10.6 Å². The van der Waals surface area contributed by atoms with E-state index in [1.165, 1.54) is 6.08 Å². The van der Waals surface area contributed by atoms with Crippen LogP contribution in [0.1, 0.15) is 19.8 Å². The highest BCUT2D eigenvalue weighted by Gasteiger charge is 2.18. The molecule has 2 N–H and O–H groups in total. The van der Waals surface area contributed by atoms with E-state index in [1.54, 1.807) is 0 Å². The lowest BCUT2D eigenvalue weighted by atomic mass is 10.0. The fourth-order valence-corrected chi connectivity index (χ4v) is 1.52. The molecule has 1 saturated heterocycles. The maximum Gasteiger partial charge on any atom is 0.243 e. The molecule has 1 fully saturated rings. The second-order valence-electron chi connectivity index (χ2n) is 3.29. The van der Waals surface area contributed by atoms with E-state index in [0.717, 1.165) is 19.4 Å². The predicted octanol–water partition coefficient (Wildman–Crippen LogP) is 0.429. The van der Waals surface area contributed by atoms with Crippen molar-refractivity contribution in [3.63, 3.8) is 0 Å². The molecular weight excluding hydrogens is 152 g/mol. The van der Waals surface area contributed by atoms with Gasteiger partial charge in [-0.25, -0.2) is 0 Å². The molecule has 0 aliphatic carbocycles. The van der Waals surface area contributed by atoms with Gasteiger partial charge in [0, 0.05) is 12.1 Å². The summed E-state index contributed by atoms with van der Waals surface area (Å²) in [7, 11) is 0. The smallest absolute Gasteiger partial charge is 0.243 e. The molecule has 2 atom stereocenters. The Morgan fingerprint density at radius 3 is 3.08 bits per heavy atom. The summed E-state index contributed by atoms with van der Waals surface area (Å²) in [4.78, 5) is 10.9. The number of rotatable bonds is 2. The molecule has 1 aliphatic heterocycles. The van der Waals surface area contributed by atoms with Crippen molar-refractivity contribution in [3.05, 3.63) is 12.7 Å². The average molecular weight is 168 g/mol. The van der Waals surface area contributed by atoms with Gasteiger partial charge in [-0.2, -0.15) is 0 Å². The van der Waals surface area contributed by atoms with Crippen molar-refractivity contribution in [2.24, 2.45) is 0 Å². The van der Waals surface area contributed by atoms with Gasteiger partial charge in [0.15, 0.2) is 0 Å². The maximum atomic E-state index is 10.9. The molecule has 12 heavy (non-hydrogen) atoms. The summed E-state index contributed by atoms with van der Waals surface area (Å²) < 4.78 is 0. The van der Waals surface area contributed by atoms with Crippen LogP contribution in [-0.2, 0) is 4.79 Å². The van der Waals surface area contributed by atoms with Crippen LogP contribution in [0, 0.1) is 0 Å². The molecule has 0 aromatic carbocycles. The highest BCUT2D eigenvalue weighted by atomic mass is 16.1. The van der Waals surface area contributed by atoms with Gasteiger partial charge in [-0.15, -0.1) is 0 Å². The van der Waals surface area contributed by atoms with E-state index in [0.29, 0.717) is 12.1 Å². The van der Waals surface area contributed by atoms with Gasteiger partial charge >= 0.3 is 0 Å². The fraction of sp³-hybridized carbons (Fsp3) is 0.667. The van der Waals surface area contributed by atoms with Crippen LogP contribution in [0.5, 0.6) is 0 Å². The molecule has 68 valence electrons. The third-order valence-electron chi connectivity index (χ3n) is 2.16. The monoisotopic (exact) mass is 168 g/mol. The molecule has 0 aromatic rings. The maximum absolute atomic E-state index is 10.9. The van der Waals surface area contributed by atoms with Crippen molar-refractivity contribution in [2.75, 3.05) is 6.54 Å². The van der Waals surface area contributed by atoms with Gasteiger partial charge in [-0.05, 0) is 32.4 Å². The minimum atomic E-state index is -0.0610. The Bertz CT molecular complexity index is 179. The molecule has 1 rings (SSSR count). The first kappa shape index (κ1) is 9.26. The predicted molar refractivity (Wildman–Crippen MR) is 48.8 cm³/mol. The Hall–Kier alpha value is -0.830. The minimum absolute atomic E-state index is 0.0610. The zero-order valence-electron chi connectivity index (χ0n) is 7.47. The molecule has 1 heterocycles. The van der Waals surface area contributed by atoms with Crippen molar-refractivity contribution in [1.29, 1.82) is 0 Å². The lowest BCUT2D eigenvalue weighted by molar-refractivity contribution is -0.117. The van der Waals surface area contributed by atoms with E-state index in [-0.39, 0.29) is 5.91 Å². The number of nitrogens with one attached hydrogen (secondary N) is 2. The van der Waals surface area contributed by atoms with Gasteiger partial charge in [0.25, 0.3) is 0 Å². The standard InChI is InChI=1S/C9H16N2O/c1-3-9(12)11-8-4-5-10-7(2)6-8/h3,7-8,10H,1,4-6H2,2H3,(H,11,12). The molecule has 3 heteroatoms. The SMILES string of the molecule is C=CC(=O)NC1CCNC(C)C1. The number of amides is 1. The van der Waals surface area contributed by atoms with Crippen molar-refractivity contribution in [2.45, 2.75) is 31.8 Å². The second kappa shape index (κ2) is 4.26. The first-order chi connectivity index (χ1) is 5.72. The van der Waals surface area contributed by atoms with Crippen molar-refractivity contribution < 1.29 is 4.79 Å². The fourth-order valence-electron chi connectivity index (χ4n) is 1.52. The molecule has 0 spiro atoms. The molecular formula is C9H16N2O. The van der Waals surface area contributed by atoms with Crippen LogP contribution in [0.25, 0.3) is 0 Å². The largest absolute Gasteiger partial charge is 0.350 e. The summed E-state index contributed by atoms with van der Waals surface area (Å²) >= 11 is 0. The van der Waals surface area contributed by atoms with Gasteiger partial charge in [0.2, 0.25) is 5.91 Å². The van der Waals surface area contributed by atoms with Crippen LogP contribution in [0.4, 0.5) is 0 Å². The third-order valence-corrected chi connectivity index (χ3v) is 2.16. The van der Waals surface area contributed by atoms with Gasteiger partial charge in [-0.3, -0.25) is 4.79 Å². The Labute approximate surface area is 73.2 Å².